The molecule has 0 heterocycles. The van der Waals surface area contributed by atoms with Crippen LogP contribution in [0.1, 0.15) is 6.92 Å². The van der Waals surface area contributed by atoms with Gasteiger partial charge >= 0.3 is 0 Å². The Labute approximate surface area is 149 Å². The summed E-state index contributed by atoms with van der Waals surface area (Å²) in [5.74, 6) is 0.743. The normalized spacial score (nSPS) is 10.7. The third-order valence-corrected chi connectivity index (χ3v) is 3.50. The molecule has 0 amide bonds. The first-order valence-corrected chi connectivity index (χ1v) is 8.20. The zero-order valence-corrected chi connectivity index (χ0v) is 14.9. The van der Waals surface area contributed by atoms with Crippen molar-refractivity contribution in [3.8, 4) is 5.75 Å². The Morgan fingerprint density at radius 3 is 2.52 bits per heavy atom. The molecule has 0 radical (unpaired) electrons. The predicted octanol–water partition coefficient (Wildman–Crippen LogP) is 4.17. The van der Waals surface area contributed by atoms with Crippen molar-refractivity contribution in [2.75, 3.05) is 26.0 Å². The van der Waals surface area contributed by atoms with Gasteiger partial charge in [-0.2, -0.15) is 5.06 Å². The number of nitrogens with one attached hydrogen (secondary N) is 1. The summed E-state index contributed by atoms with van der Waals surface area (Å²) in [5, 5.41) is 15.7. The van der Waals surface area contributed by atoms with Gasteiger partial charge in [-0.25, -0.2) is 0 Å². The van der Waals surface area contributed by atoms with Crippen LogP contribution in [0.3, 0.4) is 0 Å². The number of nitro benzene ring substituents is 1. The molecule has 1 N–H and O–H groups in total. The highest BCUT2D eigenvalue weighted by molar-refractivity contribution is 7.94. The van der Waals surface area contributed by atoms with E-state index >= 15 is 0 Å². The van der Waals surface area contributed by atoms with Crippen molar-refractivity contribution in [2.24, 2.45) is 0 Å². The van der Waals surface area contributed by atoms with Gasteiger partial charge in [0.05, 0.1) is 23.6 Å². The first-order valence-electron chi connectivity index (χ1n) is 7.46. The van der Waals surface area contributed by atoms with E-state index < -0.39 is 4.92 Å². The second-order valence-electron chi connectivity index (χ2n) is 5.06. The number of hydrogen-bond acceptors (Lipinski definition) is 8. The second-order valence-corrected chi connectivity index (χ2v) is 5.83. The van der Waals surface area contributed by atoms with Gasteiger partial charge in [-0.1, -0.05) is 0 Å². The number of hydroxylamine groups is 2. The summed E-state index contributed by atoms with van der Waals surface area (Å²) < 4.78 is 10.3. The third-order valence-electron chi connectivity index (χ3n) is 2.92. The molecule has 0 bridgehead atoms. The van der Waals surface area contributed by atoms with Crippen LogP contribution < -0.4 is 10.1 Å². The smallest absolute Gasteiger partial charge is 0.293 e. The second kappa shape index (κ2) is 9.23. The number of nitrogens with zero attached hydrogens (tertiary/aromatic N) is 2. The lowest BCUT2D eigenvalue weighted by molar-refractivity contribution is -0.384. The summed E-state index contributed by atoms with van der Waals surface area (Å²) in [5.41, 5.74) is 1.04. The van der Waals surface area contributed by atoms with E-state index in [1.54, 1.807) is 50.5 Å². The van der Waals surface area contributed by atoms with E-state index in [-0.39, 0.29) is 5.69 Å². The van der Waals surface area contributed by atoms with Crippen LogP contribution in [0.5, 0.6) is 5.75 Å². The highest BCUT2D eigenvalue weighted by Gasteiger charge is 2.16. The lowest BCUT2D eigenvalue weighted by Crippen LogP contribution is -2.10. The zero-order chi connectivity index (χ0) is 18.2. The number of rotatable bonds is 9. The molecule has 0 fully saturated rings. The van der Waals surface area contributed by atoms with Crippen LogP contribution in [-0.2, 0) is 9.32 Å². The molecular formula is C16H19N3O5S. The number of benzene rings is 2. The molecule has 2 aromatic rings. The van der Waals surface area contributed by atoms with Crippen molar-refractivity contribution in [3.05, 3.63) is 52.6 Å². The standard InChI is InChI=1S/C16H19N3O5S/c1-4-22-13-7-5-12(6-8-13)17-15-10-9-14(11-16(15)19(20)21)25-24-23-18(2)3/h5-11,17H,4H2,1-3H3. The van der Waals surface area contributed by atoms with Crippen molar-refractivity contribution < 1.29 is 19.0 Å². The lowest BCUT2D eigenvalue weighted by atomic mass is 10.2. The van der Waals surface area contributed by atoms with Crippen molar-refractivity contribution in [3.63, 3.8) is 0 Å². The molecule has 134 valence electrons. The minimum atomic E-state index is -0.451. The number of hydrogen-bond donors (Lipinski definition) is 1. The zero-order valence-electron chi connectivity index (χ0n) is 14.1. The van der Waals surface area contributed by atoms with Crippen LogP contribution >= 0.6 is 12.0 Å². The van der Waals surface area contributed by atoms with Gasteiger partial charge in [-0.3, -0.25) is 10.1 Å². The Morgan fingerprint density at radius 2 is 1.92 bits per heavy atom. The average Bonchev–Trinajstić information content (AvgIpc) is 2.57. The van der Waals surface area contributed by atoms with E-state index in [9.17, 15) is 10.1 Å². The highest BCUT2D eigenvalue weighted by atomic mass is 32.2. The first kappa shape index (κ1) is 19.0. The summed E-state index contributed by atoms with van der Waals surface area (Å²) in [6.07, 6.45) is 0. The summed E-state index contributed by atoms with van der Waals surface area (Å²) in [6.45, 7) is 2.49. The molecule has 8 nitrogen and oxygen atoms in total. The molecular weight excluding hydrogens is 346 g/mol. The monoisotopic (exact) mass is 365 g/mol. The molecule has 0 saturated heterocycles. The summed E-state index contributed by atoms with van der Waals surface area (Å²) in [4.78, 5) is 16.2. The number of nitro groups is 1. The average molecular weight is 365 g/mol. The van der Waals surface area contributed by atoms with Gasteiger partial charge in [0.15, 0.2) is 0 Å². The maximum absolute atomic E-state index is 11.3. The molecule has 0 atom stereocenters. The maximum Gasteiger partial charge on any atom is 0.293 e. The molecule has 0 unspecified atom stereocenters. The van der Waals surface area contributed by atoms with Crippen molar-refractivity contribution in [1.29, 1.82) is 0 Å². The largest absolute Gasteiger partial charge is 0.494 e. The SMILES string of the molecule is CCOc1ccc(Nc2ccc(SOON(C)C)cc2[N+](=O)[O-])cc1. The van der Waals surface area contributed by atoms with Crippen LogP contribution in [0.15, 0.2) is 47.4 Å². The van der Waals surface area contributed by atoms with Crippen LogP contribution in [-0.4, -0.2) is 30.7 Å². The molecule has 2 rings (SSSR count). The fraction of sp³-hybridized carbons (Fsp3) is 0.250. The van der Waals surface area contributed by atoms with Gasteiger partial charge < -0.3 is 10.1 Å². The molecule has 0 aliphatic rings. The van der Waals surface area contributed by atoms with Gasteiger partial charge in [-0.05, 0) is 43.3 Å². The molecule has 0 aromatic heterocycles. The van der Waals surface area contributed by atoms with Crippen molar-refractivity contribution in [1.82, 2.24) is 5.06 Å². The first-order chi connectivity index (χ1) is 12.0. The van der Waals surface area contributed by atoms with Gasteiger partial charge in [0.1, 0.15) is 11.4 Å². The van der Waals surface area contributed by atoms with Crippen LogP contribution in [0.2, 0.25) is 0 Å². The maximum atomic E-state index is 11.3. The van der Waals surface area contributed by atoms with Crippen molar-refractivity contribution in [2.45, 2.75) is 11.8 Å². The fourth-order valence-corrected chi connectivity index (χ4v) is 2.41. The van der Waals surface area contributed by atoms with Gasteiger partial charge in [0.2, 0.25) is 0 Å². The van der Waals surface area contributed by atoms with E-state index in [2.05, 4.69) is 5.32 Å². The number of anilines is 2. The molecule has 0 aliphatic carbocycles. The number of ether oxygens (including phenoxy) is 1. The van der Waals surface area contributed by atoms with Gasteiger partial charge in [0, 0.05) is 30.7 Å². The van der Waals surface area contributed by atoms with Gasteiger partial charge in [0.25, 0.3) is 5.69 Å². The quantitative estimate of drug-likeness (QED) is 0.307. The van der Waals surface area contributed by atoms with E-state index in [0.717, 1.165) is 23.5 Å². The van der Waals surface area contributed by atoms with E-state index in [1.807, 2.05) is 6.92 Å². The molecule has 9 heteroatoms. The van der Waals surface area contributed by atoms with Crippen LogP contribution in [0.4, 0.5) is 17.1 Å². The molecule has 25 heavy (non-hydrogen) atoms. The Morgan fingerprint density at radius 1 is 1.20 bits per heavy atom. The van der Waals surface area contributed by atoms with Crippen LogP contribution in [0.25, 0.3) is 0 Å². The summed E-state index contributed by atoms with van der Waals surface area (Å²) >= 11 is 0.890. The van der Waals surface area contributed by atoms with E-state index in [0.29, 0.717) is 17.2 Å². The fourth-order valence-electron chi connectivity index (χ4n) is 1.89. The Bertz CT molecular complexity index is 709. The molecule has 0 aliphatic heterocycles. The van der Waals surface area contributed by atoms with Crippen molar-refractivity contribution >= 4 is 29.1 Å². The Balaban J connectivity index is 2.12. The molecule has 0 spiro atoms. The van der Waals surface area contributed by atoms with Gasteiger partial charge in [-0.15, -0.1) is 9.32 Å². The Hall–Kier alpha value is -2.33. The Kier molecular flexibility index (Phi) is 7.02. The third kappa shape index (κ3) is 5.91. The van der Waals surface area contributed by atoms with E-state index in [1.165, 1.54) is 11.1 Å². The van der Waals surface area contributed by atoms with Crippen LogP contribution in [0, 0.1) is 10.1 Å². The van der Waals surface area contributed by atoms with E-state index in [4.69, 9.17) is 14.1 Å². The minimum Gasteiger partial charge on any atom is -0.494 e. The lowest BCUT2D eigenvalue weighted by Gasteiger charge is -2.10. The summed E-state index contributed by atoms with van der Waals surface area (Å²) in [6, 6.07) is 11.9. The predicted molar refractivity (Wildman–Crippen MR) is 95.7 cm³/mol. The highest BCUT2D eigenvalue weighted by Crippen LogP contribution is 2.33. The molecule has 2 aromatic carbocycles. The molecule has 0 saturated carbocycles. The summed E-state index contributed by atoms with van der Waals surface area (Å²) in [7, 11) is 3.32. The topological polar surface area (TPSA) is 86.1 Å². The minimum absolute atomic E-state index is 0.0627.